The summed E-state index contributed by atoms with van der Waals surface area (Å²) in [7, 11) is 0. The topological polar surface area (TPSA) is 69.5 Å². The van der Waals surface area contributed by atoms with Crippen LogP contribution in [-0.4, -0.2) is 45.7 Å². The van der Waals surface area contributed by atoms with E-state index in [-0.39, 0.29) is 5.56 Å². The first-order chi connectivity index (χ1) is 14.8. The van der Waals surface area contributed by atoms with Gasteiger partial charge in [-0.15, -0.1) is 0 Å². The zero-order chi connectivity index (χ0) is 20.6. The van der Waals surface area contributed by atoms with Gasteiger partial charge < -0.3 is 9.47 Å². The van der Waals surface area contributed by atoms with Crippen molar-refractivity contribution >= 4 is 0 Å². The van der Waals surface area contributed by atoms with Crippen LogP contribution in [0.4, 0.5) is 0 Å². The highest BCUT2D eigenvalue weighted by molar-refractivity contribution is 5.30. The summed E-state index contributed by atoms with van der Waals surface area (Å²) in [5.74, 6) is 0.527. The molecule has 0 spiro atoms. The third-order valence-electron chi connectivity index (χ3n) is 5.12. The number of hydrogen-bond donors (Lipinski definition) is 0. The summed E-state index contributed by atoms with van der Waals surface area (Å²) in [5.41, 5.74) is 1.42. The number of pyridine rings is 1. The average Bonchev–Trinajstić information content (AvgIpc) is 2.80. The first-order valence-electron chi connectivity index (χ1n) is 10.3. The molecule has 2 aromatic heterocycles. The molecule has 0 atom stereocenters. The van der Waals surface area contributed by atoms with E-state index >= 15 is 0 Å². The Hall–Kier alpha value is -3.19. The Kier molecular flexibility index (Phi) is 6.72. The van der Waals surface area contributed by atoms with Crippen LogP contribution in [-0.2, 0) is 6.61 Å². The number of piperidine rings is 1. The van der Waals surface area contributed by atoms with Crippen LogP contribution < -0.4 is 15.0 Å². The van der Waals surface area contributed by atoms with E-state index in [4.69, 9.17) is 9.47 Å². The molecule has 156 valence electrons. The van der Waals surface area contributed by atoms with Gasteiger partial charge in [0.1, 0.15) is 19.0 Å². The molecule has 30 heavy (non-hydrogen) atoms. The van der Waals surface area contributed by atoms with Gasteiger partial charge in [-0.3, -0.25) is 14.3 Å². The second kappa shape index (κ2) is 10.0. The number of benzene rings is 1. The van der Waals surface area contributed by atoms with Gasteiger partial charge in [-0.25, -0.2) is 9.97 Å². The smallest absolute Gasteiger partial charge is 0.316 e. The Bertz CT molecular complexity index is 983. The molecule has 7 heteroatoms. The van der Waals surface area contributed by atoms with E-state index in [0.717, 1.165) is 25.2 Å². The second-order valence-corrected chi connectivity index (χ2v) is 7.32. The third kappa shape index (κ3) is 5.45. The normalized spacial score (nSPS) is 14.4. The van der Waals surface area contributed by atoms with Crippen LogP contribution in [0.15, 0.2) is 65.8 Å². The van der Waals surface area contributed by atoms with Crippen molar-refractivity contribution in [3.63, 3.8) is 0 Å². The maximum absolute atomic E-state index is 12.5. The molecule has 0 aliphatic carbocycles. The number of aromatic nitrogens is 3. The standard InChI is InChI=1S/C23H26N4O3/c28-22-15-21(30-18-19-7-3-1-4-8-19)9-12-27(22)20-16-24-23(25-17-20)29-14-13-26-10-5-2-6-11-26/h1,3-4,7-9,12,15-17H,2,5-6,10-11,13-14,18H2. The van der Waals surface area contributed by atoms with Gasteiger partial charge in [0.2, 0.25) is 0 Å². The number of hydrogen-bond acceptors (Lipinski definition) is 6. The van der Waals surface area contributed by atoms with Gasteiger partial charge in [-0.05, 0) is 37.6 Å². The van der Waals surface area contributed by atoms with Crippen molar-refractivity contribution < 1.29 is 9.47 Å². The Morgan fingerprint density at radius 1 is 0.933 bits per heavy atom. The summed E-state index contributed by atoms with van der Waals surface area (Å²) >= 11 is 0. The van der Waals surface area contributed by atoms with E-state index in [1.54, 1.807) is 24.7 Å². The minimum absolute atomic E-state index is 0.206. The number of nitrogens with zero attached hydrogens (tertiary/aromatic N) is 4. The summed E-state index contributed by atoms with van der Waals surface area (Å²) in [6, 6.07) is 13.4. The number of likely N-dealkylation sites (tertiary alicyclic amines) is 1. The molecular weight excluding hydrogens is 380 g/mol. The molecule has 0 saturated carbocycles. The highest BCUT2D eigenvalue weighted by atomic mass is 16.5. The highest BCUT2D eigenvalue weighted by Crippen LogP contribution is 2.13. The summed E-state index contributed by atoms with van der Waals surface area (Å²) in [5, 5.41) is 0. The molecule has 0 unspecified atom stereocenters. The summed E-state index contributed by atoms with van der Waals surface area (Å²) in [6.07, 6.45) is 8.69. The monoisotopic (exact) mass is 406 g/mol. The minimum atomic E-state index is -0.206. The predicted molar refractivity (Wildman–Crippen MR) is 114 cm³/mol. The van der Waals surface area contributed by atoms with Crippen molar-refractivity contribution in [2.45, 2.75) is 25.9 Å². The maximum Gasteiger partial charge on any atom is 0.316 e. The largest absolute Gasteiger partial charge is 0.489 e. The van der Waals surface area contributed by atoms with E-state index < -0.39 is 0 Å². The van der Waals surface area contributed by atoms with Gasteiger partial charge in [0, 0.05) is 18.8 Å². The van der Waals surface area contributed by atoms with Gasteiger partial charge >= 0.3 is 6.01 Å². The second-order valence-electron chi connectivity index (χ2n) is 7.32. The fraction of sp³-hybridized carbons (Fsp3) is 0.348. The average molecular weight is 406 g/mol. The van der Waals surface area contributed by atoms with Crippen LogP contribution in [0.2, 0.25) is 0 Å². The van der Waals surface area contributed by atoms with Crippen LogP contribution in [0.1, 0.15) is 24.8 Å². The highest BCUT2D eigenvalue weighted by Gasteiger charge is 2.10. The van der Waals surface area contributed by atoms with Crippen molar-refractivity contribution in [1.29, 1.82) is 0 Å². The molecule has 3 heterocycles. The third-order valence-corrected chi connectivity index (χ3v) is 5.12. The van der Waals surface area contributed by atoms with Crippen LogP contribution in [0.3, 0.4) is 0 Å². The molecule has 0 radical (unpaired) electrons. The minimum Gasteiger partial charge on any atom is -0.489 e. The molecular formula is C23H26N4O3. The van der Waals surface area contributed by atoms with Crippen molar-refractivity contribution in [2.75, 3.05) is 26.2 Å². The first-order valence-corrected chi connectivity index (χ1v) is 10.3. The Morgan fingerprint density at radius 2 is 1.70 bits per heavy atom. The zero-order valence-corrected chi connectivity index (χ0v) is 16.9. The number of ether oxygens (including phenoxy) is 2. The van der Waals surface area contributed by atoms with Crippen molar-refractivity contribution in [3.8, 4) is 17.4 Å². The number of rotatable bonds is 8. The molecule has 1 saturated heterocycles. The van der Waals surface area contributed by atoms with Crippen LogP contribution >= 0.6 is 0 Å². The van der Waals surface area contributed by atoms with E-state index in [1.165, 1.54) is 29.9 Å². The quantitative estimate of drug-likeness (QED) is 0.573. The Balaban J connectivity index is 1.32. The fourth-order valence-corrected chi connectivity index (χ4v) is 3.46. The Labute approximate surface area is 175 Å². The maximum atomic E-state index is 12.5. The van der Waals surface area contributed by atoms with E-state index in [1.807, 2.05) is 30.3 Å². The first kappa shape index (κ1) is 20.1. The van der Waals surface area contributed by atoms with Gasteiger partial charge in [0.05, 0.1) is 18.1 Å². The SMILES string of the molecule is O=c1cc(OCc2ccccc2)ccn1-c1cnc(OCCN2CCCCC2)nc1. The molecule has 1 aliphatic heterocycles. The van der Waals surface area contributed by atoms with Crippen LogP contribution in [0.5, 0.6) is 11.8 Å². The lowest BCUT2D eigenvalue weighted by Crippen LogP contribution is -2.33. The van der Waals surface area contributed by atoms with Gasteiger partial charge in [-0.2, -0.15) is 0 Å². The molecule has 7 nitrogen and oxygen atoms in total. The van der Waals surface area contributed by atoms with Crippen LogP contribution in [0.25, 0.3) is 5.69 Å². The molecule has 0 N–H and O–H groups in total. The van der Waals surface area contributed by atoms with E-state index in [9.17, 15) is 4.79 Å². The molecule has 1 aromatic carbocycles. The van der Waals surface area contributed by atoms with E-state index in [0.29, 0.717) is 30.7 Å². The lowest BCUT2D eigenvalue weighted by molar-refractivity contribution is 0.177. The van der Waals surface area contributed by atoms with Gasteiger partial charge in [0.25, 0.3) is 5.56 Å². The molecule has 4 rings (SSSR count). The van der Waals surface area contributed by atoms with Crippen molar-refractivity contribution in [1.82, 2.24) is 19.4 Å². The summed E-state index contributed by atoms with van der Waals surface area (Å²) in [6.45, 7) is 4.13. The lowest BCUT2D eigenvalue weighted by Gasteiger charge is -2.25. The molecule has 0 bridgehead atoms. The predicted octanol–water partition coefficient (Wildman–Crippen LogP) is 3.07. The van der Waals surface area contributed by atoms with Crippen LogP contribution in [0, 0.1) is 0 Å². The Morgan fingerprint density at radius 3 is 2.43 bits per heavy atom. The summed E-state index contributed by atoms with van der Waals surface area (Å²) < 4.78 is 12.8. The molecule has 1 fully saturated rings. The van der Waals surface area contributed by atoms with Gasteiger partial charge in [-0.1, -0.05) is 36.8 Å². The lowest BCUT2D eigenvalue weighted by atomic mass is 10.1. The molecule has 1 aliphatic rings. The molecule has 3 aromatic rings. The fourth-order valence-electron chi connectivity index (χ4n) is 3.46. The van der Waals surface area contributed by atoms with Crippen molar-refractivity contribution in [2.24, 2.45) is 0 Å². The molecule has 0 amide bonds. The summed E-state index contributed by atoms with van der Waals surface area (Å²) in [4.78, 5) is 23.3. The van der Waals surface area contributed by atoms with Crippen molar-refractivity contribution in [3.05, 3.63) is 77.0 Å². The van der Waals surface area contributed by atoms with Gasteiger partial charge in [0.15, 0.2) is 0 Å². The zero-order valence-electron chi connectivity index (χ0n) is 16.9. The van der Waals surface area contributed by atoms with E-state index in [2.05, 4.69) is 14.9 Å².